The molecule has 0 radical (unpaired) electrons. The van der Waals surface area contributed by atoms with Crippen LogP contribution < -0.4 is 21.1 Å². The Morgan fingerprint density at radius 1 is 1.11 bits per heavy atom. The molecule has 2 aliphatic rings. The summed E-state index contributed by atoms with van der Waals surface area (Å²) in [6, 6.07) is 16.0. The zero-order chi connectivity index (χ0) is 26.0. The van der Waals surface area contributed by atoms with E-state index in [0.29, 0.717) is 66.4 Å². The van der Waals surface area contributed by atoms with E-state index in [9.17, 15) is 14.4 Å². The van der Waals surface area contributed by atoms with Crippen LogP contribution in [0.3, 0.4) is 0 Å². The van der Waals surface area contributed by atoms with E-state index >= 15 is 0 Å². The molecule has 4 N–H and O–H groups in total. The number of nitrogen functional groups attached to an aromatic ring is 1. The van der Waals surface area contributed by atoms with E-state index in [1.807, 2.05) is 37.3 Å². The maximum Gasteiger partial charge on any atom is 0.319 e. The highest BCUT2D eigenvalue weighted by molar-refractivity contribution is 6.04. The fourth-order valence-electron chi connectivity index (χ4n) is 4.90. The molecule has 2 aliphatic heterocycles. The van der Waals surface area contributed by atoms with Crippen molar-refractivity contribution in [2.24, 2.45) is 0 Å². The van der Waals surface area contributed by atoms with Crippen molar-refractivity contribution >= 4 is 29.1 Å². The van der Waals surface area contributed by atoms with Gasteiger partial charge in [-0.2, -0.15) is 0 Å². The summed E-state index contributed by atoms with van der Waals surface area (Å²) < 4.78 is 6.31. The number of fused-ring (bicyclic) bond motifs is 1. The van der Waals surface area contributed by atoms with Crippen LogP contribution in [-0.2, 0) is 0 Å². The summed E-state index contributed by atoms with van der Waals surface area (Å²) >= 11 is 0. The van der Waals surface area contributed by atoms with Crippen LogP contribution in [0.15, 0.2) is 60.8 Å². The summed E-state index contributed by atoms with van der Waals surface area (Å²) in [5, 5.41) is 5.43. The number of hydrogen-bond acceptors (Lipinski definition) is 6. The number of likely N-dealkylation sites (tertiary alicyclic amines) is 1. The molecule has 0 atom stereocenters. The number of carbonyl (C=O) groups excluding carboxylic acids is 3. The van der Waals surface area contributed by atoms with E-state index in [1.165, 1.54) is 6.20 Å². The smallest absolute Gasteiger partial charge is 0.319 e. The van der Waals surface area contributed by atoms with Crippen molar-refractivity contribution in [2.75, 3.05) is 30.7 Å². The first-order valence-electron chi connectivity index (χ1n) is 12.4. The number of nitrogens with one attached hydrogen (secondary N) is 2. The molecule has 0 saturated carbocycles. The average molecular weight is 500 g/mol. The fourth-order valence-corrected chi connectivity index (χ4v) is 4.90. The van der Waals surface area contributed by atoms with Crippen molar-refractivity contribution in [2.45, 2.75) is 31.8 Å². The number of anilines is 2. The maximum atomic E-state index is 13.7. The van der Waals surface area contributed by atoms with Gasteiger partial charge in [-0.1, -0.05) is 30.3 Å². The number of aromatic nitrogens is 1. The van der Waals surface area contributed by atoms with Crippen molar-refractivity contribution in [1.82, 2.24) is 15.2 Å². The number of pyridine rings is 1. The molecule has 1 saturated heterocycles. The first-order valence-corrected chi connectivity index (χ1v) is 12.4. The molecular formula is C28H29N5O4. The highest BCUT2D eigenvalue weighted by Gasteiger charge is 2.44. The molecule has 1 fully saturated rings. The van der Waals surface area contributed by atoms with Gasteiger partial charge in [0.2, 0.25) is 0 Å². The Hall–Kier alpha value is -4.40. The fraction of sp³-hybridized carbons (Fsp3) is 0.286. The standard InChI is InChI=1S/C28H29N5O4/c1-2-30-27(36)32-23-17-31-22(18-6-4-3-5-7-18)15-20(23)26(35)33-12-10-28(11-13-33)16-24(34)21-14-19(29)8-9-25(21)37-28/h3-9,14-15,17H,2,10-13,16,29H2,1H3,(H2,30,32,36). The lowest BCUT2D eigenvalue weighted by Gasteiger charge is -2.44. The Bertz CT molecular complexity index is 1350. The number of piperidine rings is 1. The molecule has 0 unspecified atom stereocenters. The predicted molar refractivity (Wildman–Crippen MR) is 141 cm³/mol. The van der Waals surface area contributed by atoms with Crippen LogP contribution in [0, 0.1) is 0 Å². The van der Waals surface area contributed by atoms with Crippen LogP contribution in [-0.4, -0.2) is 52.8 Å². The van der Waals surface area contributed by atoms with Crippen LogP contribution in [0.25, 0.3) is 11.3 Å². The summed E-state index contributed by atoms with van der Waals surface area (Å²) in [7, 11) is 0. The van der Waals surface area contributed by atoms with Crippen LogP contribution in [0.5, 0.6) is 5.75 Å². The van der Waals surface area contributed by atoms with E-state index in [-0.39, 0.29) is 18.1 Å². The Balaban J connectivity index is 1.37. The normalized spacial score (nSPS) is 16.0. The quantitative estimate of drug-likeness (QED) is 0.464. The minimum absolute atomic E-state index is 0.00314. The van der Waals surface area contributed by atoms with E-state index in [1.54, 1.807) is 29.2 Å². The van der Waals surface area contributed by atoms with E-state index in [4.69, 9.17) is 10.5 Å². The number of amides is 3. The minimum atomic E-state index is -0.646. The van der Waals surface area contributed by atoms with Crippen molar-refractivity contribution in [3.8, 4) is 17.0 Å². The average Bonchev–Trinajstić information content (AvgIpc) is 2.90. The number of urea groups is 1. The number of rotatable bonds is 4. The molecule has 5 rings (SSSR count). The van der Waals surface area contributed by atoms with Gasteiger partial charge in [0.25, 0.3) is 5.91 Å². The number of ether oxygens (including phenoxy) is 1. The van der Waals surface area contributed by atoms with E-state index in [2.05, 4.69) is 15.6 Å². The first kappa shape index (κ1) is 24.3. The Morgan fingerprint density at radius 3 is 2.59 bits per heavy atom. The highest BCUT2D eigenvalue weighted by atomic mass is 16.5. The molecule has 1 aromatic heterocycles. The Morgan fingerprint density at radius 2 is 1.86 bits per heavy atom. The lowest BCUT2D eigenvalue weighted by Crippen LogP contribution is -2.52. The topological polar surface area (TPSA) is 127 Å². The van der Waals surface area contributed by atoms with Crippen molar-refractivity contribution < 1.29 is 19.1 Å². The maximum absolute atomic E-state index is 13.7. The number of nitrogens with zero attached hydrogens (tertiary/aromatic N) is 2. The first-order chi connectivity index (χ1) is 17.9. The van der Waals surface area contributed by atoms with Gasteiger partial charge in [0.15, 0.2) is 5.78 Å². The van der Waals surface area contributed by atoms with Crippen LogP contribution in [0.2, 0.25) is 0 Å². The van der Waals surface area contributed by atoms with Crippen molar-refractivity contribution in [1.29, 1.82) is 0 Å². The molecular weight excluding hydrogens is 470 g/mol. The Labute approximate surface area is 215 Å². The summed E-state index contributed by atoms with van der Waals surface area (Å²) in [4.78, 5) is 45.0. The number of nitrogens with two attached hydrogens (primary N) is 1. The molecule has 3 amide bonds. The molecule has 0 aliphatic carbocycles. The lowest BCUT2D eigenvalue weighted by molar-refractivity contribution is -0.00566. The van der Waals surface area contributed by atoms with Crippen LogP contribution in [0.1, 0.15) is 46.9 Å². The van der Waals surface area contributed by atoms with Gasteiger partial charge in [-0.25, -0.2) is 4.79 Å². The van der Waals surface area contributed by atoms with Gasteiger partial charge in [0.1, 0.15) is 11.4 Å². The van der Waals surface area contributed by atoms with Gasteiger partial charge in [0.05, 0.1) is 35.1 Å². The van der Waals surface area contributed by atoms with Gasteiger partial charge in [-0.15, -0.1) is 0 Å². The summed E-state index contributed by atoms with van der Waals surface area (Å²) in [6.45, 7) is 3.10. The number of benzene rings is 2. The molecule has 2 aromatic carbocycles. The second kappa shape index (κ2) is 9.93. The van der Waals surface area contributed by atoms with Gasteiger partial charge in [0, 0.05) is 43.7 Å². The molecule has 37 heavy (non-hydrogen) atoms. The molecule has 9 heteroatoms. The molecule has 1 spiro atoms. The summed E-state index contributed by atoms with van der Waals surface area (Å²) in [5.41, 5.74) is 8.43. The van der Waals surface area contributed by atoms with Crippen molar-refractivity contribution in [3.63, 3.8) is 0 Å². The zero-order valence-electron chi connectivity index (χ0n) is 20.6. The third-order valence-electron chi connectivity index (χ3n) is 6.86. The van der Waals surface area contributed by atoms with Crippen molar-refractivity contribution in [3.05, 3.63) is 71.9 Å². The summed E-state index contributed by atoms with van der Waals surface area (Å²) in [6.07, 6.45) is 2.80. The molecule has 0 bridgehead atoms. The number of ketones is 1. The predicted octanol–water partition coefficient (Wildman–Crippen LogP) is 4.11. The third kappa shape index (κ3) is 4.97. The van der Waals surface area contributed by atoms with E-state index < -0.39 is 11.6 Å². The second-order valence-corrected chi connectivity index (χ2v) is 9.40. The summed E-state index contributed by atoms with van der Waals surface area (Å²) in [5.74, 6) is 0.334. The SMILES string of the molecule is CCNC(=O)Nc1cnc(-c2ccccc2)cc1C(=O)N1CCC2(CC1)CC(=O)c1cc(N)ccc1O2. The minimum Gasteiger partial charge on any atom is -0.486 e. The largest absolute Gasteiger partial charge is 0.486 e. The van der Waals surface area contributed by atoms with E-state index in [0.717, 1.165) is 5.56 Å². The molecule has 9 nitrogen and oxygen atoms in total. The monoisotopic (exact) mass is 499 g/mol. The van der Waals surface area contributed by atoms with Gasteiger partial charge in [-0.3, -0.25) is 14.6 Å². The Kier molecular flexibility index (Phi) is 6.52. The highest BCUT2D eigenvalue weighted by Crippen LogP contribution is 2.40. The third-order valence-corrected chi connectivity index (χ3v) is 6.86. The zero-order valence-corrected chi connectivity index (χ0v) is 20.6. The number of hydrogen-bond donors (Lipinski definition) is 3. The lowest BCUT2D eigenvalue weighted by atomic mass is 9.82. The van der Waals surface area contributed by atoms with Gasteiger partial charge in [-0.05, 0) is 31.2 Å². The van der Waals surface area contributed by atoms with Gasteiger partial charge < -0.3 is 26.0 Å². The number of Topliss-reactive ketones (excluding diaryl/α,β-unsaturated/α-hetero) is 1. The van der Waals surface area contributed by atoms with Crippen LogP contribution in [0.4, 0.5) is 16.2 Å². The molecule has 3 heterocycles. The van der Waals surface area contributed by atoms with Gasteiger partial charge >= 0.3 is 6.03 Å². The molecule has 3 aromatic rings. The molecule has 190 valence electrons. The number of carbonyl (C=O) groups is 3. The van der Waals surface area contributed by atoms with Crippen LogP contribution >= 0.6 is 0 Å². The second-order valence-electron chi connectivity index (χ2n) is 9.40.